The van der Waals surface area contributed by atoms with E-state index in [0.29, 0.717) is 0 Å². The van der Waals surface area contributed by atoms with Crippen LogP contribution in [0.5, 0.6) is 5.75 Å². The Labute approximate surface area is 131 Å². The van der Waals surface area contributed by atoms with E-state index in [1.165, 1.54) is 6.08 Å². The summed E-state index contributed by atoms with van der Waals surface area (Å²) in [5, 5.41) is 49.5. The molecule has 23 heavy (non-hydrogen) atoms. The molecule has 2 aliphatic carbocycles. The third kappa shape index (κ3) is 2.46. The van der Waals surface area contributed by atoms with Crippen molar-refractivity contribution in [1.29, 1.82) is 0 Å². The Hall–Kier alpha value is -2.09. The van der Waals surface area contributed by atoms with E-state index in [2.05, 4.69) is 0 Å². The summed E-state index contributed by atoms with van der Waals surface area (Å²) >= 11 is 0. The zero-order valence-electron chi connectivity index (χ0n) is 12.4. The maximum absolute atomic E-state index is 12.4. The first-order valence-electron chi connectivity index (χ1n) is 7.37. The van der Waals surface area contributed by atoms with E-state index in [-0.39, 0.29) is 35.5 Å². The van der Waals surface area contributed by atoms with Gasteiger partial charge in [-0.25, -0.2) is 0 Å². The first-order valence-corrected chi connectivity index (χ1v) is 7.37. The van der Waals surface area contributed by atoms with E-state index in [1.807, 2.05) is 0 Å². The lowest BCUT2D eigenvalue weighted by Crippen LogP contribution is -2.27. The second kappa shape index (κ2) is 5.52. The molecule has 1 aromatic rings. The van der Waals surface area contributed by atoms with Gasteiger partial charge in [0.05, 0.1) is 18.3 Å². The highest BCUT2D eigenvalue weighted by Crippen LogP contribution is 2.38. The second-order valence-corrected chi connectivity index (χ2v) is 5.98. The molecule has 0 radical (unpaired) electrons. The molecule has 4 atom stereocenters. The molecule has 0 saturated heterocycles. The van der Waals surface area contributed by atoms with E-state index in [1.54, 1.807) is 6.92 Å². The Morgan fingerprint density at radius 3 is 2.57 bits per heavy atom. The summed E-state index contributed by atoms with van der Waals surface area (Å²) in [6.45, 7) is 1.62. The van der Waals surface area contributed by atoms with Crippen molar-refractivity contribution in [2.75, 3.05) is 0 Å². The minimum absolute atomic E-state index is 0.0505. The standard InChI is InChI=1S/C16H18O7/c1-6-9(18)5-11(20)12-13(21)14(22)16(23-15(6)12)8-3-2-7(17)4-10(8)19/h3,5-7,9-10,17-20,22H,2,4H2,1H3. The van der Waals surface area contributed by atoms with Crippen molar-refractivity contribution < 1.29 is 29.9 Å². The zero-order valence-corrected chi connectivity index (χ0v) is 12.4. The summed E-state index contributed by atoms with van der Waals surface area (Å²) in [5.41, 5.74) is -0.800. The number of fused-ring (bicyclic) bond motifs is 1. The Kier molecular flexibility index (Phi) is 3.79. The van der Waals surface area contributed by atoms with Gasteiger partial charge in [0.2, 0.25) is 11.2 Å². The van der Waals surface area contributed by atoms with Crippen LogP contribution in [0.2, 0.25) is 0 Å². The van der Waals surface area contributed by atoms with Gasteiger partial charge >= 0.3 is 0 Å². The monoisotopic (exact) mass is 322 g/mol. The zero-order chi connectivity index (χ0) is 16.9. The molecule has 7 heteroatoms. The molecule has 2 aliphatic rings. The summed E-state index contributed by atoms with van der Waals surface area (Å²) in [7, 11) is 0. The molecule has 0 spiro atoms. The maximum atomic E-state index is 12.4. The summed E-state index contributed by atoms with van der Waals surface area (Å²) in [5.74, 6) is -1.90. The van der Waals surface area contributed by atoms with Gasteiger partial charge in [0.1, 0.15) is 17.1 Å². The van der Waals surface area contributed by atoms with Gasteiger partial charge in [-0.1, -0.05) is 13.0 Å². The van der Waals surface area contributed by atoms with Crippen molar-refractivity contribution in [2.24, 2.45) is 0 Å². The van der Waals surface area contributed by atoms with E-state index in [4.69, 9.17) is 4.42 Å². The first kappa shape index (κ1) is 15.8. The van der Waals surface area contributed by atoms with Crippen molar-refractivity contribution >= 4 is 11.3 Å². The molecule has 0 saturated carbocycles. The minimum Gasteiger partial charge on any atom is -0.507 e. The van der Waals surface area contributed by atoms with E-state index in [0.717, 1.165) is 6.08 Å². The topological polar surface area (TPSA) is 131 Å². The van der Waals surface area contributed by atoms with Gasteiger partial charge in [-0.05, 0) is 12.5 Å². The molecule has 124 valence electrons. The van der Waals surface area contributed by atoms with Crippen LogP contribution in [0.25, 0.3) is 11.3 Å². The van der Waals surface area contributed by atoms with Crippen LogP contribution in [0.1, 0.15) is 42.8 Å². The number of aliphatic hydroxyl groups excluding tert-OH is 4. The summed E-state index contributed by atoms with van der Waals surface area (Å²) in [4.78, 5) is 12.4. The molecule has 3 rings (SSSR count). The maximum Gasteiger partial charge on any atom is 0.238 e. The third-order valence-electron chi connectivity index (χ3n) is 4.35. The van der Waals surface area contributed by atoms with Crippen LogP contribution >= 0.6 is 0 Å². The summed E-state index contributed by atoms with van der Waals surface area (Å²) < 4.78 is 5.59. The lowest BCUT2D eigenvalue weighted by Gasteiger charge is -2.26. The molecular weight excluding hydrogens is 304 g/mol. The average Bonchev–Trinajstić information content (AvgIpc) is 2.48. The summed E-state index contributed by atoms with van der Waals surface area (Å²) in [6, 6.07) is 0. The molecule has 4 unspecified atom stereocenters. The largest absolute Gasteiger partial charge is 0.507 e. The molecule has 0 aromatic carbocycles. The van der Waals surface area contributed by atoms with Crippen LogP contribution in [-0.4, -0.2) is 43.8 Å². The minimum atomic E-state index is -1.08. The van der Waals surface area contributed by atoms with Gasteiger partial charge in [-0.3, -0.25) is 4.79 Å². The number of rotatable bonds is 1. The van der Waals surface area contributed by atoms with Gasteiger partial charge in [-0.15, -0.1) is 0 Å². The molecule has 7 nitrogen and oxygen atoms in total. The fourth-order valence-corrected chi connectivity index (χ4v) is 2.97. The van der Waals surface area contributed by atoms with Gasteiger partial charge in [0.25, 0.3) is 0 Å². The van der Waals surface area contributed by atoms with Crippen molar-refractivity contribution in [3.8, 4) is 5.75 Å². The highest BCUT2D eigenvalue weighted by atomic mass is 16.4. The SMILES string of the molecule is CC1c2oc(C3=CCC(O)CC3O)c(O)c(=O)c2C(O)=CC1O. The summed E-state index contributed by atoms with van der Waals surface area (Å²) in [6.07, 6.45) is 0.129. The fourth-order valence-electron chi connectivity index (χ4n) is 2.97. The number of aromatic hydroxyl groups is 1. The van der Waals surface area contributed by atoms with Gasteiger partial charge in [-0.2, -0.15) is 0 Å². The van der Waals surface area contributed by atoms with Crippen molar-refractivity contribution in [3.05, 3.63) is 39.5 Å². The normalized spacial score (nSPS) is 30.4. The van der Waals surface area contributed by atoms with Crippen LogP contribution in [0.4, 0.5) is 0 Å². The van der Waals surface area contributed by atoms with Gasteiger partial charge in [0, 0.05) is 17.9 Å². The predicted molar refractivity (Wildman–Crippen MR) is 80.9 cm³/mol. The van der Waals surface area contributed by atoms with Crippen LogP contribution in [-0.2, 0) is 0 Å². The smallest absolute Gasteiger partial charge is 0.238 e. The Morgan fingerprint density at radius 2 is 1.91 bits per heavy atom. The fraction of sp³-hybridized carbons (Fsp3) is 0.438. The van der Waals surface area contributed by atoms with Crippen molar-refractivity contribution in [1.82, 2.24) is 0 Å². The van der Waals surface area contributed by atoms with Crippen molar-refractivity contribution in [2.45, 2.75) is 44.0 Å². The lowest BCUT2D eigenvalue weighted by atomic mass is 9.88. The average molecular weight is 322 g/mol. The van der Waals surface area contributed by atoms with E-state index < -0.39 is 41.2 Å². The number of hydrogen-bond acceptors (Lipinski definition) is 7. The highest BCUT2D eigenvalue weighted by molar-refractivity contribution is 5.73. The van der Waals surface area contributed by atoms with E-state index >= 15 is 0 Å². The Balaban J connectivity index is 2.21. The first-order chi connectivity index (χ1) is 10.8. The van der Waals surface area contributed by atoms with Gasteiger partial charge < -0.3 is 29.9 Å². The highest BCUT2D eigenvalue weighted by Gasteiger charge is 2.34. The predicted octanol–water partition coefficient (Wildman–Crippen LogP) is 0.621. The molecule has 1 aromatic heterocycles. The molecule has 0 aliphatic heterocycles. The Morgan fingerprint density at radius 1 is 1.22 bits per heavy atom. The second-order valence-electron chi connectivity index (χ2n) is 5.98. The van der Waals surface area contributed by atoms with E-state index in [9.17, 15) is 30.3 Å². The molecule has 1 heterocycles. The molecule has 0 amide bonds. The third-order valence-corrected chi connectivity index (χ3v) is 4.35. The lowest BCUT2D eigenvalue weighted by molar-refractivity contribution is 0.101. The number of aliphatic hydroxyl groups is 4. The molecule has 5 N–H and O–H groups in total. The number of hydrogen-bond donors (Lipinski definition) is 5. The van der Waals surface area contributed by atoms with Crippen LogP contribution in [0.3, 0.4) is 0 Å². The van der Waals surface area contributed by atoms with Crippen LogP contribution < -0.4 is 5.43 Å². The molecule has 0 fully saturated rings. The molecular formula is C16H18O7. The quantitative estimate of drug-likeness (QED) is 0.512. The van der Waals surface area contributed by atoms with Crippen LogP contribution in [0.15, 0.2) is 21.4 Å². The van der Waals surface area contributed by atoms with Gasteiger partial charge in [0.15, 0.2) is 5.76 Å². The Bertz CT molecular complexity index is 758. The molecule has 0 bridgehead atoms. The van der Waals surface area contributed by atoms with Crippen LogP contribution in [0, 0.1) is 0 Å². The van der Waals surface area contributed by atoms with Crippen molar-refractivity contribution in [3.63, 3.8) is 0 Å².